The van der Waals surface area contributed by atoms with Gasteiger partial charge in [0.15, 0.2) is 0 Å². The van der Waals surface area contributed by atoms with E-state index in [-0.39, 0.29) is 18.8 Å². The molecule has 0 bridgehead atoms. The summed E-state index contributed by atoms with van der Waals surface area (Å²) in [5.41, 5.74) is 5.34. The highest BCUT2D eigenvalue weighted by Gasteiger charge is 2.21. The van der Waals surface area contributed by atoms with Crippen LogP contribution in [0, 0.1) is 5.82 Å². The first-order chi connectivity index (χ1) is 8.99. The van der Waals surface area contributed by atoms with Crippen molar-refractivity contribution in [1.29, 1.82) is 0 Å². The molecule has 0 amide bonds. The number of hydrogen-bond acceptors (Lipinski definition) is 5. The number of halogens is 1. The molecule has 1 aromatic rings. The Kier molecular flexibility index (Phi) is 6.16. The van der Waals surface area contributed by atoms with Gasteiger partial charge in [0.2, 0.25) is 10.0 Å². The standard InChI is InChI=1S/C11H17FN2O4S/c1-17-7-8-18-6-5-14-19(15,16)11-9(12)3-2-4-10(11)13/h2-4,14H,5-8,13H2,1H3. The summed E-state index contributed by atoms with van der Waals surface area (Å²) in [6, 6.07) is 3.71. The van der Waals surface area contributed by atoms with Crippen LogP contribution in [-0.4, -0.2) is 41.9 Å². The molecule has 0 unspecified atom stereocenters. The summed E-state index contributed by atoms with van der Waals surface area (Å²) in [7, 11) is -2.44. The lowest BCUT2D eigenvalue weighted by atomic mass is 10.3. The van der Waals surface area contributed by atoms with Gasteiger partial charge in [-0.05, 0) is 12.1 Å². The smallest absolute Gasteiger partial charge is 0.245 e. The predicted molar refractivity (Wildman–Crippen MR) is 68.7 cm³/mol. The average Bonchev–Trinajstić information content (AvgIpc) is 2.33. The molecule has 0 aliphatic heterocycles. The Balaban J connectivity index is 2.57. The van der Waals surface area contributed by atoms with Crippen molar-refractivity contribution >= 4 is 15.7 Å². The molecule has 0 saturated carbocycles. The Morgan fingerprint density at radius 1 is 1.32 bits per heavy atom. The maximum atomic E-state index is 13.5. The molecular formula is C11H17FN2O4S. The number of nitrogen functional groups attached to an aromatic ring is 1. The van der Waals surface area contributed by atoms with Crippen molar-refractivity contribution in [2.45, 2.75) is 4.90 Å². The molecule has 1 aromatic carbocycles. The minimum Gasteiger partial charge on any atom is -0.398 e. The van der Waals surface area contributed by atoms with Crippen LogP contribution in [0.2, 0.25) is 0 Å². The molecular weight excluding hydrogens is 275 g/mol. The van der Waals surface area contributed by atoms with Gasteiger partial charge in [-0.25, -0.2) is 17.5 Å². The highest BCUT2D eigenvalue weighted by molar-refractivity contribution is 7.89. The lowest BCUT2D eigenvalue weighted by Gasteiger charge is -2.10. The highest BCUT2D eigenvalue weighted by Crippen LogP contribution is 2.20. The SMILES string of the molecule is COCCOCCNS(=O)(=O)c1c(N)cccc1F. The van der Waals surface area contributed by atoms with Gasteiger partial charge < -0.3 is 15.2 Å². The maximum Gasteiger partial charge on any atom is 0.245 e. The van der Waals surface area contributed by atoms with Crippen LogP contribution in [0.1, 0.15) is 0 Å². The normalized spacial score (nSPS) is 11.7. The van der Waals surface area contributed by atoms with Crippen molar-refractivity contribution in [3.8, 4) is 0 Å². The Bertz CT molecular complexity index is 487. The van der Waals surface area contributed by atoms with Gasteiger partial charge in [-0.3, -0.25) is 0 Å². The lowest BCUT2D eigenvalue weighted by molar-refractivity contribution is 0.0736. The second-order valence-corrected chi connectivity index (χ2v) is 5.36. The van der Waals surface area contributed by atoms with E-state index in [1.807, 2.05) is 0 Å². The van der Waals surface area contributed by atoms with Crippen molar-refractivity contribution < 1.29 is 22.3 Å². The Hall–Kier alpha value is -1.22. The first kappa shape index (κ1) is 15.8. The molecule has 0 fully saturated rings. The molecule has 0 radical (unpaired) electrons. The van der Waals surface area contributed by atoms with Crippen LogP contribution in [0.4, 0.5) is 10.1 Å². The molecule has 1 rings (SSSR count). The van der Waals surface area contributed by atoms with Crippen molar-refractivity contribution in [3.05, 3.63) is 24.0 Å². The van der Waals surface area contributed by atoms with Gasteiger partial charge in [0.05, 0.1) is 25.5 Å². The van der Waals surface area contributed by atoms with Crippen LogP contribution >= 0.6 is 0 Å². The molecule has 108 valence electrons. The van der Waals surface area contributed by atoms with Gasteiger partial charge in [0.25, 0.3) is 0 Å². The van der Waals surface area contributed by atoms with Gasteiger partial charge in [0.1, 0.15) is 10.7 Å². The first-order valence-corrected chi connectivity index (χ1v) is 7.07. The summed E-state index contributed by atoms with van der Waals surface area (Å²) >= 11 is 0. The summed E-state index contributed by atoms with van der Waals surface area (Å²) in [4.78, 5) is -0.535. The van der Waals surface area contributed by atoms with E-state index in [1.54, 1.807) is 0 Å². The van der Waals surface area contributed by atoms with E-state index >= 15 is 0 Å². The average molecular weight is 292 g/mol. The van der Waals surface area contributed by atoms with Gasteiger partial charge in [-0.2, -0.15) is 0 Å². The third-order valence-electron chi connectivity index (χ3n) is 2.24. The third-order valence-corrected chi connectivity index (χ3v) is 3.79. The van der Waals surface area contributed by atoms with Gasteiger partial charge in [-0.15, -0.1) is 0 Å². The third kappa shape index (κ3) is 4.75. The maximum absolute atomic E-state index is 13.5. The highest BCUT2D eigenvalue weighted by atomic mass is 32.2. The van der Waals surface area contributed by atoms with Gasteiger partial charge in [0, 0.05) is 13.7 Å². The number of ether oxygens (including phenoxy) is 2. The van der Waals surface area contributed by atoms with E-state index in [0.29, 0.717) is 13.2 Å². The molecule has 19 heavy (non-hydrogen) atoms. The summed E-state index contributed by atoms with van der Waals surface area (Å²) in [5.74, 6) is -0.882. The molecule has 0 aliphatic rings. The minimum atomic E-state index is -3.98. The second kappa shape index (κ2) is 7.39. The number of rotatable bonds is 8. The summed E-state index contributed by atoms with van der Waals surface area (Å²) in [5, 5.41) is 0. The summed E-state index contributed by atoms with van der Waals surface area (Å²) in [6.45, 7) is 0.976. The molecule has 0 aliphatic carbocycles. The zero-order valence-corrected chi connectivity index (χ0v) is 11.4. The lowest BCUT2D eigenvalue weighted by Crippen LogP contribution is -2.29. The molecule has 0 aromatic heterocycles. The Morgan fingerprint density at radius 2 is 2.05 bits per heavy atom. The largest absolute Gasteiger partial charge is 0.398 e. The van der Waals surface area contributed by atoms with Crippen molar-refractivity contribution in [3.63, 3.8) is 0 Å². The van der Waals surface area contributed by atoms with Crippen LogP contribution in [0.25, 0.3) is 0 Å². The van der Waals surface area contributed by atoms with Crippen molar-refractivity contribution in [1.82, 2.24) is 4.72 Å². The summed E-state index contributed by atoms with van der Waals surface area (Å²) < 4.78 is 49.2. The van der Waals surface area contributed by atoms with E-state index in [0.717, 1.165) is 6.07 Å². The number of hydrogen-bond donors (Lipinski definition) is 2. The molecule has 0 saturated heterocycles. The van der Waals surface area contributed by atoms with E-state index in [9.17, 15) is 12.8 Å². The van der Waals surface area contributed by atoms with Crippen LogP contribution in [0.15, 0.2) is 23.1 Å². The molecule has 0 atom stereocenters. The van der Waals surface area contributed by atoms with Crippen LogP contribution in [0.5, 0.6) is 0 Å². The van der Waals surface area contributed by atoms with Gasteiger partial charge >= 0.3 is 0 Å². The topological polar surface area (TPSA) is 90.6 Å². The number of methoxy groups -OCH3 is 1. The van der Waals surface area contributed by atoms with Crippen LogP contribution in [-0.2, 0) is 19.5 Å². The fraction of sp³-hybridized carbons (Fsp3) is 0.455. The number of benzene rings is 1. The Labute approximate surface area is 111 Å². The zero-order valence-electron chi connectivity index (χ0n) is 10.6. The predicted octanol–water partition coefficient (Wildman–Crippen LogP) is 0.349. The molecule has 3 N–H and O–H groups in total. The monoisotopic (exact) mass is 292 g/mol. The van der Waals surface area contributed by atoms with E-state index in [2.05, 4.69) is 4.72 Å². The molecule has 8 heteroatoms. The van der Waals surface area contributed by atoms with E-state index in [4.69, 9.17) is 15.2 Å². The van der Waals surface area contributed by atoms with Gasteiger partial charge in [-0.1, -0.05) is 6.07 Å². The van der Waals surface area contributed by atoms with Crippen molar-refractivity contribution in [2.24, 2.45) is 0 Å². The van der Waals surface area contributed by atoms with E-state index in [1.165, 1.54) is 19.2 Å². The molecule has 0 spiro atoms. The van der Waals surface area contributed by atoms with Crippen molar-refractivity contribution in [2.75, 3.05) is 39.2 Å². The fourth-order valence-corrected chi connectivity index (χ4v) is 2.57. The number of sulfonamides is 1. The van der Waals surface area contributed by atoms with Crippen LogP contribution < -0.4 is 10.5 Å². The van der Waals surface area contributed by atoms with Crippen LogP contribution in [0.3, 0.4) is 0 Å². The molecule has 0 heterocycles. The minimum absolute atomic E-state index is 0.0276. The quantitative estimate of drug-likeness (QED) is 0.533. The number of nitrogens with two attached hydrogens (primary N) is 1. The fourth-order valence-electron chi connectivity index (χ4n) is 1.37. The van der Waals surface area contributed by atoms with E-state index < -0.39 is 20.7 Å². The first-order valence-electron chi connectivity index (χ1n) is 5.59. The zero-order chi connectivity index (χ0) is 14.3. The number of anilines is 1. The number of nitrogens with one attached hydrogen (secondary N) is 1. The second-order valence-electron chi connectivity index (χ2n) is 3.66. The molecule has 6 nitrogen and oxygen atoms in total. The Morgan fingerprint density at radius 3 is 2.68 bits per heavy atom. The summed E-state index contributed by atoms with van der Waals surface area (Å²) in [6.07, 6.45) is 0.